The Kier molecular flexibility index (Phi) is 6.59. The summed E-state index contributed by atoms with van der Waals surface area (Å²) in [5, 5.41) is 3.71. The van der Waals surface area contributed by atoms with Crippen molar-refractivity contribution in [2.24, 2.45) is 0 Å². The predicted octanol–water partition coefficient (Wildman–Crippen LogP) is 6.07. The first kappa shape index (κ1) is 19.9. The SMILES string of the molecule is CCC1(CC)CC(CNCCc2ccc(C(C)C)cc2)c2ccccc2O1. The van der Waals surface area contributed by atoms with E-state index in [9.17, 15) is 0 Å². The van der Waals surface area contributed by atoms with Gasteiger partial charge >= 0.3 is 0 Å². The maximum absolute atomic E-state index is 6.43. The van der Waals surface area contributed by atoms with Crippen LogP contribution in [-0.2, 0) is 6.42 Å². The van der Waals surface area contributed by atoms with E-state index in [1.165, 1.54) is 16.7 Å². The van der Waals surface area contributed by atoms with Crippen LogP contribution in [0.4, 0.5) is 0 Å². The lowest BCUT2D eigenvalue weighted by molar-refractivity contribution is 0.0275. The molecule has 2 heteroatoms. The van der Waals surface area contributed by atoms with Crippen LogP contribution in [0.3, 0.4) is 0 Å². The molecule has 0 saturated carbocycles. The molecular formula is C25H35NO. The zero-order valence-corrected chi connectivity index (χ0v) is 17.4. The third-order valence-corrected chi connectivity index (χ3v) is 6.22. The van der Waals surface area contributed by atoms with Crippen molar-refractivity contribution < 1.29 is 4.74 Å². The van der Waals surface area contributed by atoms with Crippen molar-refractivity contribution >= 4 is 0 Å². The number of rotatable bonds is 8. The van der Waals surface area contributed by atoms with Gasteiger partial charge in [0.15, 0.2) is 0 Å². The largest absolute Gasteiger partial charge is 0.487 e. The molecule has 0 saturated heterocycles. The van der Waals surface area contributed by atoms with Crippen molar-refractivity contribution in [3.05, 3.63) is 65.2 Å². The molecule has 1 atom stereocenters. The number of ether oxygens (including phenoxy) is 1. The Balaban J connectivity index is 1.58. The first-order valence-corrected chi connectivity index (χ1v) is 10.6. The molecular weight excluding hydrogens is 330 g/mol. The van der Waals surface area contributed by atoms with E-state index in [1.54, 1.807) is 0 Å². The Morgan fingerprint density at radius 3 is 2.41 bits per heavy atom. The molecule has 0 aliphatic carbocycles. The van der Waals surface area contributed by atoms with Crippen molar-refractivity contribution in [3.8, 4) is 5.75 Å². The topological polar surface area (TPSA) is 21.3 Å². The van der Waals surface area contributed by atoms with Crippen LogP contribution in [0.2, 0.25) is 0 Å². The molecule has 1 N–H and O–H groups in total. The van der Waals surface area contributed by atoms with E-state index in [0.29, 0.717) is 11.8 Å². The highest BCUT2D eigenvalue weighted by molar-refractivity contribution is 5.39. The Morgan fingerprint density at radius 2 is 1.74 bits per heavy atom. The van der Waals surface area contributed by atoms with Crippen molar-refractivity contribution in [1.82, 2.24) is 5.32 Å². The summed E-state index contributed by atoms with van der Waals surface area (Å²) in [5.41, 5.74) is 4.19. The van der Waals surface area contributed by atoms with Gasteiger partial charge in [-0.2, -0.15) is 0 Å². The summed E-state index contributed by atoms with van der Waals surface area (Å²) in [6, 6.07) is 17.7. The number of nitrogens with one attached hydrogen (secondary N) is 1. The fraction of sp³-hybridized carbons (Fsp3) is 0.520. The standard InChI is InChI=1S/C25H35NO/c1-5-25(6-2)17-22(23-9-7-8-10-24(23)27-25)18-26-16-15-20-11-13-21(14-12-20)19(3)4/h7-14,19,22,26H,5-6,15-18H2,1-4H3. The average molecular weight is 366 g/mol. The van der Waals surface area contributed by atoms with Crippen molar-refractivity contribution in [2.45, 2.75) is 70.8 Å². The first-order valence-electron chi connectivity index (χ1n) is 10.6. The van der Waals surface area contributed by atoms with Gasteiger partial charge in [-0.1, -0.05) is 70.2 Å². The highest BCUT2D eigenvalue weighted by atomic mass is 16.5. The van der Waals surface area contributed by atoms with Crippen molar-refractivity contribution in [2.75, 3.05) is 13.1 Å². The van der Waals surface area contributed by atoms with Crippen molar-refractivity contribution in [1.29, 1.82) is 0 Å². The van der Waals surface area contributed by atoms with Crippen LogP contribution >= 0.6 is 0 Å². The van der Waals surface area contributed by atoms with E-state index in [4.69, 9.17) is 4.74 Å². The first-order chi connectivity index (χ1) is 13.1. The van der Waals surface area contributed by atoms with Crippen LogP contribution in [0, 0.1) is 0 Å². The van der Waals surface area contributed by atoms with Gasteiger partial charge in [0.2, 0.25) is 0 Å². The second-order valence-corrected chi connectivity index (χ2v) is 8.28. The fourth-order valence-corrected chi connectivity index (χ4v) is 4.19. The van der Waals surface area contributed by atoms with Crippen molar-refractivity contribution in [3.63, 3.8) is 0 Å². The maximum atomic E-state index is 6.43. The minimum atomic E-state index is -0.00657. The number of fused-ring (bicyclic) bond motifs is 1. The molecule has 0 spiro atoms. The lowest BCUT2D eigenvalue weighted by atomic mass is 9.79. The highest BCUT2D eigenvalue weighted by Crippen LogP contribution is 2.43. The van der Waals surface area contributed by atoms with Gasteiger partial charge in [-0.3, -0.25) is 0 Å². The highest BCUT2D eigenvalue weighted by Gasteiger charge is 2.37. The predicted molar refractivity (Wildman–Crippen MR) is 115 cm³/mol. The summed E-state index contributed by atoms with van der Waals surface area (Å²) < 4.78 is 6.43. The van der Waals surface area contributed by atoms with Gasteiger partial charge in [0.05, 0.1) is 0 Å². The molecule has 146 valence electrons. The molecule has 1 unspecified atom stereocenters. The zero-order valence-electron chi connectivity index (χ0n) is 17.4. The van der Waals surface area contributed by atoms with Crippen LogP contribution in [0.1, 0.15) is 75.5 Å². The third-order valence-electron chi connectivity index (χ3n) is 6.22. The lowest BCUT2D eigenvalue weighted by Crippen LogP contribution is -2.42. The Morgan fingerprint density at radius 1 is 1.04 bits per heavy atom. The monoisotopic (exact) mass is 365 g/mol. The van der Waals surface area contributed by atoms with Crippen LogP contribution < -0.4 is 10.1 Å². The molecule has 3 rings (SSSR count). The summed E-state index contributed by atoms with van der Waals surface area (Å²) in [6.07, 6.45) is 4.32. The summed E-state index contributed by atoms with van der Waals surface area (Å²) in [4.78, 5) is 0. The Hall–Kier alpha value is -1.80. The van der Waals surface area contributed by atoms with Crippen LogP contribution in [0.25, 0.3) is 0 Å². The molecule has 0 radical (unpaired) electrons. The molecule has 0 fully saturated rings. The molecule has 1 heterocycles. The average Bonchev–Trinajstić information content (AvgIpc) is 2.71. The number of para-hydroxylation sites is 1. The second kappa shape index (κ2) is 8.93. The molecule has 0 aromatic heterocycles. The molecule has 27 heavy (non-hydrogen) atoms. The minimum Gasteiger partial charge on any atom is -0.487 e. The summed E-state index contributed by atoms with van der Waals surface area (Å²) in [5.74, 6) is 2.21. The van der Waals surface area contributed by atoms with Gasteiger partial charge < -0.3 is 10.1 Å². The number of hydrogen-bond donors (Lipinski definition) is 1. The van der Waals surface area contributed by atoms with E-state index < -0.39 is 0 Å². The van der Waals surface area contributed by atoms with Crippen LogP contribution in [0.5, 0.6) is 5.75 Å². The van der Waals surface area contributed by atoms with Gasteiger partial charge in [0.1, 0.15) is 11.4 Å². The zero-order chi connectivity index (χ0) is 19.3. The van der Waals surface area contributed by atoms with Gasteiger partial charge in [0, 0.05) is 12.5 Å². The lowest BCUT2D eigenvalue weighted by Gasteiger charge is -2.41. The van der Waals surface area contributed by atoms with Gasteiger partial charge in [-0.25, -0.2) is 0 Å². The van der Waals surface area contributed by atoms with E-state index in [0.717, 1.165) is 44.5 Å². The summed E-state index contributed by atoms with van der Waals surface area (Å²) in [6.45, 7) is 11.0. The molecule has 2 aromatic rings. The van der Waals surface area contributed by atoms with Crippen LogP contribution in [0.15, 0.2) is 48.5 Å². The molecule has 2 aromatic carbocycles. The van der Waals surface area contributed by atoms with Gasteiger partial charge in [-0.05, 0) is 60.9 Å². The molecule has 1 aliphatic rings. The summed E-state index contributed by atoms with van der Waals surface area (Å²) in [7, 11) is 0. The number of hydrogen-bond acceptors (Lipinski definition) is 2. The van der Waals surface area contributed by atoms with Crippen LogP contribution in [-0.4, -0.2) is 18.7 Å². The summed E-state index contributed by atoms with van der Waals surface area (Å²) >= 11 is 0. The van der Waals surface area contributed by atoms with Gasteiger partial charge in [0.25, 0.3) is 0 Å². The minimum absolute atomic E-state index is 0.00657. The molecule has 2 nitrogen and oxygen atoms in total. The third kappa shape index (κ3) is 4.73. The van der Waals surface area contributed by atoms with E-state index in [-0.39, 0.29) is 5.60 Å². The van der Waals surface area contributed by atoms with E-state index in [1.807, 2.05) is 0 Å². The maximum Gasteiger partial charge on any atom is 0.123 e. The second-order valence-electron chi connectivity index (χ2n) is 8.28. The smallest absolute Gasteiger partial charge is 0.123 e. The molecule has 1 aliphatic heterocycles. The van der Waals surface area contributed by atoms with E-state index in [2.05, 4.69) is 81.5 Å². The fourth-order valence-electron chi connectivity index (χ4n) is 4.19. The Bertz CT molecular complexity index is 715. The molecule has 0 amide bonds. The quantitative estimate of drug-likeness (QED) is 0.573. The number of benzene rings is 2. The Labute approximate surface area is 165 Å². The molecule has 0 bridgehead atoms. The normalized spacial score (nSPS) is 18.2. The van der Waals surface area contributed by atoms with Gasteiger partial charge in [-0.15, -0.1) is 0 Å². The van der Waals surface area contributed by atoms with E-state index >= 15 is 0 Å².